The van der Waals surface area contributed by atoms with Crippen LogP contribution in [-0.2, 0) is 27.5 Å². The summed E-state index contributed by atoms with van der Waals surface area (Å²) in [6.07, 6.45) is 7.41. The summed E-state index contributed by atoms with van der Waals surface area (Å²) in [7, 11) is 3.48. The quantitative estimate of drug-likeness (QED) is 0.847. The Morgan fingerprint density at radius 1 is 1.19 bits per heavy atom. The number of amides is 1. The molecule has 1 heterocycles. The largest absolute Gasteiger partial charge is 0.459 e. The van der Waals surface area contributed by atoms with Crippen LogP contribution < -0.4 is 0 Å². The average molecular weight is 359 g/mol. The van der Waals surface area contributed by atoms with E-state index >= 15 is 0 Å². The number of hydrogen-bond acceptors (Lipinski definition) is 4. The number of ether oxygens (including phenoxy) is 2. The summed E-state index contributed by atoms with van der Waals surface area (Å²) in [5.41, 5.74) is 1.91. The number of nitrogens with zero attached hydrogens (tertiary/aromatic N) is 1. The molecule has 1 aromatic rings. The van der Waals surface area contributed by atoms with Gasteiger partial charge in [0.1, 0.15) is 0 Å². The number of likely N-dealkylation sites (N-methyl/N-ethyl adjacent to an activating group) is 1. The van der Waals surface area contributed by atoms with Crippen molar-refractivity contribution in [2.45, 2.75) is 51.6 Å². The molecular weight excluding hydrogens is 330 g/mol. The average Bonchev–Trinajstić information content (AvgIpc) is 3.20. The van der Waals surface area contributed by atoms with Crippen molar-refractivity contribution in [3.8, 4) is 0 Å². The molecule has 2 aliphatic rings. The summed E-state index contributed by atoms with van der Waals surface area (Å²) in [5.74, 6) is 1.28. The summed E-state index contributed by atoms with van der Waals surface area (Å²) < 4.78 is 11.9. The van der Waals surface area contributed by atoms with Crippen LogP contribution in [0.1, 0.15) is 43.2 Å². The Hall–Kier alpha value is -1.85. The fraction of sp³-hybridized carbons (Fsp3) is 0.571. The smallest absolute Gasteiger partial charge is 0.288 e. The predicted molar refractivity (Wildman–Crippen MR) is 98.9 cm³/mol. The van der Waals surface area contributed by atoms with Gasteiger partial charge in [0, 0.05) is 20.5 Å². The minimum absolute atomic E-state index is 0.0384. The third kappa shape index (κ3) is 4.65. The lowest BCUT2D eigenvalue weighted by Gasteiger charge is -2.32. The zero-order chi connectivity index (χ0) is 18.5. The number of hydrogen-bond donors (Lipinski definition) is 1. The van der Waals surface area contributed by atoms with Crippen molar-refractivity contribution in [2.24, 2.45) is 11.8 Å². The van der Waals surface area contributed by atoms with Gasteiger partial charge >= 0.3 is 0 Å². The zero-order valence-corrected chi connectivity index (χ0v) is 15.7. The van der Waals surface area contributed by atoms with Crippen LogP contribution in [-0.4, -0.2) is 36.3 Å². The van der Waals surface area contributed by atoms with Gasteiger partial charge in [0.2, 0.25) is 6.29 Å². The zero-order valence-electron chi connectivity index (χ0n) is 15.7. The Morgan fingerprint density at radius 3 is 2.46 bits per heavy atom. The SMILES string of the molecule is CN(C)C(=O)C1=C[C@H](C2CCCC2)C[C@H](OCc2ccc(CO)cc2)O1. The lowest BCUT2D eigenvalue weighted by molar-refractivity contribution is -0.159. The van der Waals surface area contributed by atoms with Gasteiger partial charge in [-0.25, -0.2) is 0 Å². The third-order valence-electron chi connectivity index (χ3n) is 5.35. The molecule has 5 nitrogen and oxygen atoms in total. The fourth-order valence-corrected chi connectivity index (χ4v) is 3.80. The topological polar surface area (TPSA) is 59.0 Å². The Kier molecular flexibility index (Phi) is 6.33. The van der Waals surface area contributed by atoms with Gasteiger partial charge < -0.3 is 19.5 Å². The van der Waals surface area contributed by atoms with Crippen LogP contribution in [0.4, 0.5) is 0 Å². The molecule has 2 atom stereocenters. The van der Waals surface area contributed by atoms with Gasteiger partial charge in [-0.15, -0.1) is 0 Å². The lowest BCUT2D eigenvalue weighted by atomic mass is 9.86. The molecular formula is C21H29NO4. The van der Waals surface area contributed by atoms with E-state index < -0.39 is 6.29 Å². The predicted octanol–water partition coefficient (Wildman–Crippen LogP) is 3.22. The van der Waals surface area contributed by atoms with Crippen molar-refractivity contribution in [3.05, 3.63) is 47.2 Å². The van der Waals surface area contributed by atoms with Crippen molar-refractivity contribution in [3.63, 3.8) is 0 Å². The van der Waals surface area contributed by atoms with E-state index in [0.29, 0.717) is 24.2 Å². The van der Waals surface area contributed by atoms with Gasteiger partial charge in [0.05, 0.1) is 13.2 Å². The first kappa shape index (κ1) is 18.9. The van der Waals surface area contributed by atoms with E-state index in [1.807, 2.05) is 30.3 Å². The molecule has 0 bridgehead atoms. The molecule has 3 rings (SSSR count). The second-order valence-corrected chi connectivity index (χ2v) is 7.51. The summed E-state index contributed by atoms with van der Waals surface area (Å²) in [6, 6.07) is 7.68. The summed E-state index contributed by atoms with van der Waals surface area (Å²) in [6.45, 7) is 0.466. The van der Waals surface area contributed by atoms with Crippen LogP contribution in [0.2, 0.25) is 0 Å². The fourth-order valence-electron chi connectivity index (χ4n) is 3.80. The summed E-state index contributed by atoms with van der Waals surface area (Å²) >= 11 is 0. The van der Waals surface area contributed by atoms with E-state index in [2.05, 4.69) is 0 Å². The minimum Gasteiger partial charge on any atom is -0.459 e. The number of aliphatic hydroxyl groups excluding tert-OH is 1. The molecule has 1 aliphatic carbocycles. The first-order chi connectivity index (χ1) is 12.6. The molecule has 26 heavy (non-hydrogen) atoms. The molecule has 0 saturated heterocycles. The first-order valence-electron chi connectivity index (χ1n) is 9.47. The molecule has 0 spiro atoms. The molecule has 0 radical (unpaired) electrons. The minimum atomic E-state index is -0.401. The molecule has 1 N–H and O–H groups in total. The Morgan fingerprint density at radius 2 is 1.85 bits per heavy atom. The van der Waals surface area contributed by atoms with Gasteiger partial charge in [-0.2, -0.15) is 0 Å². The molecule has 1 fully saturated rings. The molecule has 0 aromatic heterocycles. The van der Waals surface area contributed by atoms with Crippen LogP contribution in [0.25, 0.3) is 0 Å². The number of allylic oxidation sites excluding steroid dienone is 1. The highest BCUT2D eigenvalue weighted by Crippen LogP contribution is 2.38. The molecule has 142 valence electrons. The van der Waals surface area contributed by atoms with Crippen molar-refractivity contribution >= 4 is 5.91 Å². The standard InChI is InChI=1S/C21H29NO4/c1-22(2)21(24)19-11-18(17-5-3-4-6-17)12-20(26-19)25-14-16-9-7-15(13-23)8-10-16/h7-11,17-18,20,23H,3-6,12-14H2,1-2H3/t18-,20+/m0/s1. The van der Waals surface area contributed by atoms with Gasteiger partial charge in [-0.3, -0.25) is 4.79 Å². The number of rotatable bonds is 6. The Labute approximate surface area is 155 Å². The molecule has 5 heteroatoms. The van der Waals surface area contributed by atoms with E-state index in [-0.39, 0.29) is 12.5 Å². The highest BCUT2D eigenvalue weighted by atomic mass is 16.7. The van der Waals surface area contributed by atoms with E-state index in [1.54, 1.807) is 19.0 Å². The maximum absolute atomic E-state index is 12.4. The highest BCUT2D eigenvalue weighted by molar-refractivity contribution is 5.91. The van der Waals surface area contributed by atoms with Crippen LogP contribution in [0, 0.1) is 11.8 Å². The number of benzene rings is 1. The van der Waals surface area contributed by atoms with Crippen LogP contribution in [0.15, 0.2) is 36.1 Å². The van der Waals surface area contributed by atoms with Gasteiger partial charge in [0.25, 0.3) is 5.91 Å². The van der Waals surface area contributed by atoms with Crippen LogP contribution >= 0.6 is 0 Å². The van der Waals surface area contributed by atoms with Crippen LogP contribution in [0.5, 0.6) is 0 Å². The lowest BCUT2D eigenvalue weighted by Crippen LogP contribution is -2.34. The highest BCUT2D eigenvalue weighted by Gasteiger charge is 2.33. The number of aliphatic hydroxyl groups is 1. The summed E-state index contributed by atoms with van der Waals surface area (Å²) in [4.78, 5) is 14.0. The monoisotopic (exact) mass is 359 g/mol. The van der Waals surface area contributed by atoms with Gasteiger partial charge in [-0.1, -0.05) is 37.1 Å². The molecule has 1 saturated carbocycles. The van der Waals surface area contributed by atoms with Crippen molar-refractivity contribution in [1.29, 1.82) is 0 Å². The van der Waals surface area contributed by atoms with E-state index in [1.165, 1.54) is 25.7 Å². The van der Waals surface area contributed by atoms with E-state index in [4.69, 9.17) is 14.6 Å². The number of carbonyl (C=O) groups is 1. The maximum Gasteiger partial charge on any atom is 0.288 e. The summed E-state index contributed by atoms with van der Waals surface area (Å²) in [5, 5.41) is 9.13. The molecule has 1 aliphatic heterocycles. The second kappa shape index (κ2) is 8.69. The van der Waals surface area contributed by atoms with Crippen molar-refractivity contribution < 1.29 is 19.4 Å². The Bertz CT molecular complexity index is 632. The van der Waals surface area contributed by atoms with Crippen molar-refractivity contribution in [1.82, 2.24) is 4.90 Å². The van der Waals surface area contributed by atoms with Crippen LogP contribution in [0.3, 0.4) is 0 Å². The molecule has 1 aromatic carbocycles. The normalized spacial score (nSPS) is 23.4. The second-order valence-electron chi connectivity index (χ2n) is 7.51. The molecule has 0 unspecified atom stereocenters. The van der Waals surface area contributed by atoms with Gasteiger partial charge in [0.15, 0.2) is 5.76 Å². The van der Waals surface area contributed by atoms with E-state index in [9.17, 15) is 4.79 Å². The first-order valence-corrected chi connectivity index (χ1v) is 9.47. The molecule has 1 amide bonds. The van der Waals surface area contributed by atoms with Crippen molar-refractivity contribution in [2.75, 3.05) is 14.1 Å². The van der Waals surface area contributed by atoms with Gasteiger partial charge in [-0.05, 0) is 41.9 Å². The Balaban J connectivity index is 1.66. The third-order valence-corrected chi connectivity index (χ3v) is 5.35. The van der Waals surface area contributed by atoms with E-state index in [0.717, 1.165) is 17.5 Å². The maximum atomic E-state index is 12.4. The number of carbonyl (C=O) groups excluding carboxylic acids is 1.